The minimum atomic E-state index is 0.284. The number of nitrogens with zero attached hydrogens (tertiary/aromatic N) is 5. The normalized spacial score (nSPS) is 22.6. The summed E-state index contributed by atoms with van der Waals surface area (Å²) in [6, 6.07) is 9.52. The fourth-order valence-electron chi connectivity index (χ4n) is 4.96. The number of H-pyrrole nitrogens is 1. The Balaban J connectivity index is 1.39. The molecule has 3 fully saturated rings. The molecule has 0 aromatic carbocycles. The number of thioether (sulfide) groups is 1. The van der Waals surface area contributed by atoms with Crippen LogP contribution in [0.5, 0.6) is 0 Å². The van der Waals surface area contributed by atoms with Gasteiger partial charge in [-0.15, -0.1) is 5.10 Å². The maximum Gasteiger partial charge on any atom is 0.131 e. The molecular weight excluding hydrogens is 470 g/mol. The van der Waals surface area contributed by atoms with E-state index in [1.54, 1.807) is 17.8 Å². The fraction of sp³-hybridized carbons (Fsp3) is 0.423. The first-order valence-corrected chi connectivity index (χ1v) is 13.4. The van der Waals surface area contributed by atoms with Crippen LogP contribution in [0.25, 0.3) is 17.5 Å². The second-order valence-electron chi connectivity index (χ2n) is 9.56. The van der Waals surface area contributed by atoms with Gasteiger partial charge in [-0.2, -0.15) is 10.4 Å². The molecule has 2 saturated heterocycles. The molecule has 9 nitrogen and oxygen atoms in total. The SMILES string of the molecule is C=N/N=C(\SCN1CC2CCC(C1)N2)c1cnc(-c2ccc(/C=C(/C#N)C=N)[nH]2)cc1NC1CCC1. The lowest BCUT2D eigenvalue weighted by atomic mass is 9.92. The summed E-state index contributed by atoms with van der Waals surface area (Å²) < 4.78 is 0. The molecule has 186 valence electrons. The molecule has 2 atom stereocenters. The molecule has 0 spiro atoms. The van der Waals surface area contributed by atoms with Crippen LogP contribution in [0.1, 0.15) is 43.4 Å². The molecule has 2 aliphatic heterocycles. The first-order chi connectivity index (χ1) is 17.6. The molecule has 2 aromatic rings. The number of hydrogen-bond acceptors (Lipinski definition) is 9. The van der Waals surface area contributed by atoms with Crippen molar-refractivity contribution in [2.75, 3.05) is 24.3 Å². The van der Waals surface area contributed by atoms with Crippen molar-refractivity contribution in [2.45, 2.75) is 50.2 Å². The van der Waals surface area contributed by atoms with Crippen molar-refractivity contribution < 1.29 is 0 Å². The number of rotatable bonds is 9. The van der Waals surface area contributed by atoms with Gasteiger partial charge in [0.25, 0.3) is 0 Å². The zero-order valence-corrected chi connectivity index (χ0v) is 21.0. The Morgan fingerprint density at radius 3 is 2.78 bits per heavy atom. The molecule has 3 aliphatic rings. The van der Waals surface area contributed by atoms with Crippen molar-refractivity contribution in [1.29, 1.82) is 10.7 Å². The van der Waals surface area contributed by atoms with Gasteiger partial charge in [0.1, 0.15) is 11.1 Å². The average molecular weight is 502 g/mol. The quantitative estimate of drug-likeness (QED) is 0.177. The van der Waals surface area contributed by atoms with E-state index in [4.69, 9.17) is 15.7 Å². The maximum absolute atomic E-state index is 9.11. The van der Waals surface area contributed by atoms with Crippen LogP contribution < -0.4 is 10.6 Å². The predicted octanol–water partition coefficient (Wildman–Crippen LogP) is 4.09. The number of piperazine rings is 1. The van der Waals surface area contributed by atoms with E-state index in [2.05, 4.69) is 43.5 Å². The van der Waals surface area contributed by atoms with Gasteiger partial charge >= 0.3 is 0 Å². The summed E-state index contributed by atoms with van der Waals surface area (Å²) in [6.07, 6.45) is 10.6. The first-order valence-electron chi connectivity index (χ1n) is 12.4. The van der Waals surface area contributed by atoms with Gasteiger partial charge < -0.3 is 21.0 Å². The summed E-state index contributed by atoms with van der Waals surface area (Å²) in [5, 5.41) is 32.9. The van der Waals surface area contributed by atoms with Gasteiger partial charge in [0.15, 0.2) is 0 Å². The second-order valence-corrected chi connectivity index (χ2v) is 10.5. The molecule has 1 saturated carbocycles. The van der Waals surface area contributed by atoms with Crippen molar-refractivity contribution >= 4 is 41.5 Å². The van der Waals surface area contributed by atoms with Gasteiger partial charge in [-0.25, -0.2) is 0 Å². The number of nitrogens with one attached hydrogen (secondary N) is 4. The highest BCUT2D eigenvalue weighted by Gasteiger charge is 2.32. The predicted molar refractivity (Wildman–Crippen MR) is 148 cm³/mol. The number of nitriles is 1. The number of aromatic nitrogens is 2. The van der Waals surface area contributed by atoms with Crippen LogP contribution in [0.15, 0.2) is 40.2 Å². The smallest absolute Gasteiger partial charge is 0.131 e. The van der Waals surface area contributed by atoms with Gasteiger partial charge in [0.05, 0.1) is 28.4 Å². The largest absolute Gasteiger partial charge is 0.382 e. The van der Waals surface area contributed by atoms with E-state index in [0.29, 0.717) is 18.1 Å². The molecule has 5 rings (SSSR count). The molecule has 4 N–H and O–H groups in total. The van der Waals surface area contributed by atoms with Crippen LogP contribution in [0, 0.1) is 16.7 Å². The van der Waals surface area contributed by atoms with Crippen molar-refractivity contribution in [3.8, 4) is 17.5 Å². The lowest BCUT2D eigenvalue weighted by molar-refractivity contribution is 0.227. The van der Waals surface area contributed by atoms with E-state index < -0.39 is 0 Å². The molecule has 2 aromatic heterocycles. The van der Waals surface area contributed by atoms with Gasteiger partial charge in [-0.05, 0) is 56.4 Å². The number of pyridine rings is 1. The molecule has 1 aliphatic carbocycles. The van der Waals surface area contributed by atoms with Crippen molar-refractivity contribution in [3.63, 3.8) is 0 Å². The number of hydrogen-bond donors (Lipinski definition) is 4. The summed E-state index contributed by atoms with van der Waals surface area (Å²) >= 11 is 1.69. The van der Waals surface area contributed by atoms with Gasteiger partial charge in [0, 0.05) is 61.7 Å². The average Bonchev–Trinajstić information content (AvgIpc) is 3.48. The fourth-order valence-corrected chi connectivity index (χ4v) is 5.90. The Kier molecular flexibility index (Phi) is 7.60. The van der Waals surface area contributed by atoms with Crippen LogP contribution in [-0.2, 0) is 0 Å². The summed E-state index contributed by atoms with van der Waals surface area (Å²) in [6.45, 7) is 5.75. The van der Waals surface area contributed by atoms with Crippen molar-refractivity contribution in [3.05, 3.63) is 41.2 Å². The molecule has 0 radical (unpaired) electrons. The minimum absolute atomic E-state index is 0.284. The van der Waals surface area contributed by atoms with Crippen LogP contribution in [0.4, 0.5) is 5.69 Å². The highest BCUT2D eigenvalue weighted by atomic mass is 32.2. The van der Waals surface area contributed by atoms with E-state index >= 15 is 0 Å². The third kappa shape index (κ3) is 5.59. The number of anilines is 1. The van der Waals surface area contributed by atoms with Crippen LogP contribution in [-0.4, -0.2) is 69.9 Å². The lowest BCUT2D eigenvalue weighted by Gasteiger charge is -2.32. The van der Waals surface area contributed by atoms with E-state index in [1.165, 1.54) is 19.3 Å². The van der Waals surface area contributed by atoms with Gasteiger partial charge in [-0.1, -0.05) is 11.8 Å². The second kappa shape index (κ2) is 11.2. The third-order valence-electron chi connectivity index (χ3n) is 7.02. The zero-order valence-electron chi connectivity index (χ0n) is 20.2. The molecule has 4 heterocycles. The highest BCUT2D eigenvalue weighted by Crippen LogP contribution is 2.31. The minimum Gasteiger partial charge on any atom is -0.382 e. The molecule has 2 bridgehead atoms. The monoisotopic (exact) mass is 501 g/mol. The topological polar surface area (TPSA) is 128 Å². The van der Waals surface area contributed by atoms with E-state index in [9.17, 15) is 0 Å². The molecule has 2 unspecified atom stereocenters. The molecule has 36 heavy (non-hydrogen) atoms. The highest BCUT2D eigenvalue weighted by molar-refractivity contribution is 8.14. The standard InChI is InChI=1S/C26H31N9S/c1-29-34-26(36-16-35-14-20-5-6-21(15-35)31-20)22-13-30-25(10-24(22)32-18-3-2-4-18)23-8-7-19(33-23)9-17(11-27)12-28/h7-11,13,18,20-21,27,31,33H,1-6,14-16H2,(H,30,32)/b17-9+,27-11?,34-26-. The van der Waals surface area contributed by atoms with Crippen molar-refractivity contribution in [1.82, 2.24) is 20.2 Å². The summed E-state index contributed by atoms with van der Waals surface area (Å²) in [5.41, 5.74) is 4.60. The zero-order chi connectivity index (χ0) is 24.9. The number of likely N-dealkylation sites (tertiary alicyclic amines) is 1. The van der Waals surface area contributed by atoms with E-state index in [0.717, 1.165) is 71.4 Å². The number of aromatic amines is 1. The number of fused-ring (bicyclic) bond motifs is 2. The Labute approximate surface area is 215 Å². The summed E-state index contributed by atoms with van der Waals surface area (Å²) in [4.78, 5) is 10.5. The Morgan fingerprint density at radius 1 is 1.31 bits per heavy atom. The molecule has 10 heteroatoms. The molecular formula is C26H31N9S. The first kappa shape index (κ1) is 24.4. The summed E-state index contributed by atoms with van der Waals surface area (Å²) in [5.74, 6) is 0.855. The molecule has 0 amide bonds. The summed E-state index contributed by atoms with van der Waals surface area (Å²) in [7, 11) is 0. The van der Waals surface area contributed by atoms with E-state index in [1.807, 2.05) is 24.4 Å². The van der Waals surface area contributed by atoms with Gasteiger partial charge in [-0.3, -0.25) is 9.88 Å². The van der Waals surface area contributed by atoms with E-state index in [-0.39, 0.29) is 5.57 Å². The van der Waals surface area contributed by atoms with Crippen molar-refractivity contribution in [2.24, 2.45) is 10.2 Å². The van der Waals surface area contributed by atoms with Crippen LogP contribution in [0.2, 0.25) is 0 Å². The van der Waals surface area contributed by atoms with Crippen LogP contribution >= 0.6 is 11.8 Å². The third-order valence-corrected chi connectivity index (χ3v) is 8.09. The number of allylic oxidation sites excluding steroid dienone is 1. The van der Waals surface area contributed by atoms with Gasteiger partial charge in [0.2, 0.25) is 0 Å². The van der Waals surface area contributed by atoms with Crippen LogP contribution in [0.3, 0.4) is 0 Å². The maximum atomic E-state index is 9.11. The Bertz CT molecular complexity index is 1210. The Hall–Kier alpha value is -3.26. The lowest BCUT2D eigenvalue weighted by Crippen LogP contribution is -2.50. The Morgan fingerprint density at radius 2 is 2.11 bits per heavy atom.